The highest BCUT2D eigenvalue weighted by Crippen LogP contribution is 2.36. The summed E-state index contributed by atoms with van der Waals surface area (Å²) >= 11 is 0. The molecule has 0 bridgehead atoms. The fourth-order valence-corrected chi connectivity index (χ4v) is 5.59. The minimum absolute atomic E-state index is 0.172. The van der Waals surface area contributed by atoms with Gasteiger partial charge in [-0.1, -0.05) is 145 Å². The van der Waals surface area contributed by atoms with Crippen molar-refractivity contribution in [1.82, 2.24) is 0 Å². The molecule has 0 amide bonds. The number of unbranched alkanes of at least 4 members (excludes halogenated alkanes) is 17. The monoisotopic (exact) mass is 722 g/mol. The van der Waals surface area contributed by atoms with Gasteiger partial charge < -0.3 is 19.3 Å². The summed E-state index contributed by atoms with van der Waals surface area (Å²) in [6.45, 7) is 5.09. The number of carbonyl (C=O) groups excluding carboxylic acids is 2. The second-order valence-corrected chi connectivity index (χ2v) is 14.2. The molecular formula is C41H71O8P. The standard InChI is InChI=1S/C41H71O8P/c1-3-5-7-9-11-13-15-17-19-20-22-24-26-28-30-32-34-36-41(43)49-39(38-48-50(44,45)46)37-47-40(42)35-33-31-29-27-25-23-21-18-16-14-12-10-8-6-4-2/h4,7,9,13,15,19-20,24,26,39H,2-3,5-6,8,10-12,14,16-18,21-23,25,27-38H2,1H3,(H2,44,45,46)/b9-7+,15-13+,20-19+,26-24+/t39-/m1/s1. The molecule has 0 heterocycles. The van der Waals surface area contributed by atoms with E-state index < -0.39 is 32.5 Å². The van der Waals surface area contributed by atoms with Gasteiger partial charge in [-0.2, -0.15) is 0 Å². The van der Waals surface area contributed by atoms with Crippen LogP contribution in [0.15, 0.2) is 61.3 Å². The Hall–Kier alpha value is -2.25. The fraction of sp³-hybridized carbons (Fsp3) is 0.707. The van der Waals surface area contributed by atoms with Crippen molar-refractivity contribution in [2.75, 3.05) is 13.2 Å². The second-order valence-electron chi connectivity index (χ2n) is 13.0. The van der Waals surface area contributed by atoms with Crippen LogP contribution in [0, 0.1) is 0 Å². The molecule has 0 rings (SSSR count). The lowest BCUT2D eigenvalue weighted by Gasteiger charge is -2.18. The largest absolute Gasteiger partial charge is 0.469 e. The van der Waals surface area contributed by atoms with Gasteiger partial charge >= 0.3 is 19.8 Å². The molecule has 0 aliphatic rings. The number of ether oxygens (including phenoxy) is 2. The molecule has 8 nitrogen and oxygen atoms in total. The van der Waals surface area contributed by atoms with Crippen LogP contribution in [0.1, 0.15) is 167 Å². The summed E-state index contributed by atoms with van der Waals surface area (Å²) in [4.78, 5) is 42.7. The normalized spacial score (nSPS) is 12.9. The average Bonchev–Trinajstić information content (AvgIpc) is 3.08. The van der Waals surface area contributed by atoms with E-state index in [-0.39, 0.29) is 19.4 Å². The van der Waals surface area contributed by atoms with E-state index >= 15 is 0 Å². The lowest BCUT2D eigenvalue weighted by molar-refractivity contribution is -0.161. The van der Waals surface area contributed by atoms with Gasteiger partial charge in [0.2, 0.25) is 0 Å². The number of allylic oxidation sites excluding steroid dienone is 9. The van der Waals surface area contributed by atoms with E-state index in [0.29, 0.717) is 6.42 Å². The Morgan fingerprint density at radius 1 is 0.580 bits per heavy atom. The van der Waals surface area contributed by atoms with Crippen LogP contribution < -0.4 is 0 Å². The van der Waals surface area contributed by atoms with Gasteiger partial charge in [0, 0.05) is 12.8 Å². The Bertz CT molecular complexity index is 981. The first-order valence-electron chi connectivity index (χ1n) is 19.5. The van der Waals surface area contributed by atoms with Crippen LogP contribution in [0.2, 0.25) is 0 Å². The van der Waals surface area contributed by atoms with Crippen molar-refractivity contribution in [3.8, 4) is 0 Å². The Kier molecular flexibility index (Phi) is 34.9. The highest BCUT2D eigenvalue weighted by atomic mass is 31.2. The molecule has 0 radical (unpaired) electrons. The van der Waals surface area contributed by atoms with Crippen molar-refractivity contribution in [1.29, 1.82) is 0 Å². The van der Waals surface area contributed by atoms with E-state index in [4.69, 9.17) is 19.3 Å². The predicted octanol–water partition coefficient (Wildman–Crippen LogP) is 11.7. The molecule has 0 aromatic carbocycles. The van der Waals surface area contributed by atoms with Gasteiger partial charge in [0.1, 0.15) is 6.61 Å². The molecule has 1 atom stereocenters. The van der Waals surface area contributed by atoms with Crippen molar-refractivity contribution in [2.24, 2.45) is 0 Å². The fourth-order valence-electron chi connectivity index (χ4n) is 5.23. The molecule has 0 fully saturated rings. The van der Waals surface area contributed by atoms with E-state index in [9.17, 15) is 14.2 Å². The molecule has 0 saturated carbocycles. The molecule has 288 valence electrons. The molecule has 0 saturated heterocycles. The summed E-state index contributed by atoms with van der Waals surface area (Å²) in [7, 11) is -4.76. The van der Waals surface area contributed by atoms with E-state index in [1.54, 1.807) is 0 Å². The van der Waals surface area contributed by atoms with Gasteiger partial charge in [-0.25, -0.2) is 4.57 Å². The number of phosphoric acid groups is 1. The van der Waals surface area contributed by atoms with Crippen LogP contribution in [-0.4, -0.2) is 41.0 Å². The topological polar surface area (TPSA) is 119 Å². The summed E-state index contributed by atoms with van der Waals surface area (Å²) in [5, 5.41) is 0. The quantitative estimate of drug-likeness (QED) is 0.0284. The Morgan fingerprint density at radius 3 is 1.50 bits per heavy atom. The van der Waals surface area contributed by atoms with Crippen LogP contribution in [0.5, 0.6) is 0 Å². The third-order valence-corrected chi connectivity index (χ3v) is 8.62. The van der Waals surface area contributed by atoms with E-state index in [0.717, 1.165) is 70.6 Å². The minimum atomic E-state index is -4.76. The van der Waals surface area contributed by atoms with Crippen molar-refractivity contribution in [2.45, 2.75) is 174 Å². The first kappa shape index (κ1) is 47.8. The van der Waals surface area contributed by atoms with Crippen LogP contribution in [0.25, 0.3) is 0 Å². The first-order chi connectivity index (χ1) is 24.3. The number of rotatable bonds is 36. The predicted molar refractivity (Wildman–Crippen MR) is 207 cm³/mol. The molecule has 0 aromatic rings. The molecule has 50 heavy (non-hydrogen) atoms. The number of carbonyl (C=O) groups is 2. The molecule has 0 aliphatic heterocycles. The lowest BCUT2D eigenvalue weighted by atomic mass is 10.0. The van der Waals surface area contributed by atoms with Crippen LogP contribution in [0.3, 0.4) is 0 Å². The summed E-state index contributed by atoms with van der Waals surface area (Å²) in [5.74, 6) is -0.927. The maximum absolute atomic E-state index is 12.4. The maximum Gasteiger partial charge on any atom is 0.469 e. The third-order valence-electron chi connectivity index (χ3n) is 8.14. The lowest BCUT2D eigenvalue weighted by Crippen LogP contribution is -2.29. The average molecular weight is 723 g/mol. The molecule has 0 aliphatic carbocycles. The number of hydrogen-bond donors (Lipinski definition) is 2. The minimum Gasteiger partial charge on any atom is -0.462 e. The molecule has 0 spiro atoms. The highest BCUT2D eigenvalue weighted by molar-refractivity contribution is 7.46. The molecule has 2 N–H and O–H groups in total. The summed E-state index contributed by atoms with van der Waals surface area (Å²) in [6, 6.07) is 0. The molecule has 0 aromatic heterocycles. The van der Waals surface area contributed by atoms with E-state index in [1.807, 2.05) is 6.08 Å². The third kappa shape index (κ3) is 38.6. The zero-order valence-corrected chi connectivity index (χ0v) is 32.3. The Balaban J connectivity index is 4.01. The van der Waals surface area contributed by atoms with Crippen molar-refractivity contribution in [3.05, 3.63) is 61.3 Å². The smallest absolute Gasteiger partial charge is 0.462 e. The van der Waals surface area contributed by atoms with E-state index in [1.165, 1.54) is 70.6 Å². The zero-order valence-electron chi connectivity index (χ0n) is 31.4. The molecule has 9 heteroatoms. The zero-order chi connectivity index (χ0) is 36.8. The van der Waals surface area contributed by atoms with Gasteiger partial charge in [-0.3, -0.25) is 14.1 Å². The van der Waals surface area contributed by atoms with Crippen LogP contribution >= 0.6 is 7.82 Å². The molecular weight excluding hydrogens is 651 g/mol. The number of phosphoric ester groups is 1. The van der Waals surface area contributed by atoms with Crippen LogP contribution in [0.4, 0.5) is 0 Å². The highest BCUT2D eigenvalue weighted by Gasteiger charge is 2.22. The molecule has 0 unspecified atom stereocenters. The number of esters is 2. The first-order valence-corrected chi connectivity index (χ1v) is 21.1. The van der Waals surface area contributed by atoms with Crippen LogP contribution in [-0.2, 0) is 28.2 Å². The van der Waals surface area contributed by atoms with Crippen molar-refractivity contribution < 1.29 is 37.9 Å². The van der Waals surface area contributed by atoms with Crippen molar-refractivity contribution in [3.63, 3.8) is 0 Å². The van der Waals surface area contributed by atoms with Gasteiger partial charge in [0.25, 0.3) is 0 Å². The van der Waals surface area contributed by atoms with Gasteiger partial charge in [0.05, 0.1) is 6.61 Å². The Labute approximate surface area is 305 Å². The SMILES string of the molecule is C=CCCCCCCCCCCCCCCCC(=O)OC[C@H](COP(=O)(O)O)OC(=O)CCCCC/C=C/C/C=C/C/C=C/C/C=C/CCC. The number of hydrogen-bond acceptors (Lipinski definition) is 6. The summed E-state index contributed by atoms with van der Waals surface area (Å²) in [5.41, 5.74) is 0. The van der Waals surface area contributed by atoms with Crippen molar-refractivity contribution >= 4 is 19.8 Å². The van der Waals surface area contributed by atoms with Gasteiger partial charge in [0.15, 0.2) is 6.10 Å². The van der Waals surface area contributed by atoms with Gasteiger partial charge in [-0.15, -0.1) is 6.58 Å². The summed E-state index contributed by atoms with van der Waals surface area (Å²) in [6.07, 6.45) is 44.0. The van der Waals surface area contributed by atoms with Gasteiger partial charge in [-0.05, 0) is 64.2 Å². The van der Waals surface area contributed by atoms with E-state index in [2.05, 4.69) is 66.6 Å². The second kappa shape index (κ2) is 36.5. The Morgan fingerprint density at radius 2 is 1.00 bits per heavy atom. The summed E-state index contributed by atoms with van der Waals surface area (Å²) < 4.78 is 26.3. The maximum atomic E-state index is 12.4.